The number of likely N-dealkylation sites (N-methyl/N-ethyl adjacent to an activating group) is 1. The molecule has 0 saturated carbocycles. The zero-order valence-corrected chi connectivity index (χ0v) is 11.9. The molecule has 94 valence electrons. The fourth-order valence-corrected chi connectivity index (χ4v) is 2.98. The highest BCUT2D eigenvalue weighted by Crippen LogP contribution is 2.26. The molecule has 2 rings (SSSR count). The molecule has 1 N–H and O–H groups in total. The molecule has 17 heavy (non-hydrogen) atoms. The first-order valence-electron chi connectivity index (χ1n) is 6.09. The van der Waals surface area contributed by atoms with E-state index in [0.717, 1.165) is 23.9 Å². The molecule has 1 aliphatic heterocycles. The van der Waals surface area contributed by atoms with Crippen LogP contribution in [0.2, 0.25) is 0 Å². The number of hydrogen-bond donors (Lipinski definition) is 1. The Hall–Kier alpha value is -0.450. The minimum atomic E-state index is 0.354. The summed E-state index contributed by atoms with van der Waals surface area (Å²) < 4.78 is 6.69. The van der Waals surface area contributed by atoms with E-state index in [1.54, 1.807) is 0 Å². The number of aromatic nitrogens is 1. The van der Waals surface area contributed by atoms with Crippen LogP contribution in [0.3, 0.4) is 0 Å². The summed E-state index contributed by atoms with van der Waals surface area (Å²) in [5, 5.41) is 3.42. The van der Waals surface area contributed by atoms with Crippen molar-refractivity contribution >= 4 is 15.9 Å². The van der Waals surface area contributed by atoms with E-state index in [1.165, 1.54) is 5.56 Å². The van der Waals surface area contributed by atoms with Crippen molar-refractivity contribution in [2.75, 3.05) is 13.7 Å². The van der Waals surface area contributed by atoms with E-state index in [0.29, 0.717) is 18.1 Å². The van der Waals surface area contributed by atoms with Crippen LogP contribution < -0.4 is 5.32 Å². The van der Waals surface area contributed by atoms with Crippen molar-refractivity contribution in [2.45, 2.75) is 31.9 Å². The van der Waals surface area contributed by atoms with E-state index in [2.05, 4.69) is 39.2 Å². The quantitative estimate of drug-likeness (QED) is 0.927. The van der Waals surface area contributed by atoms with Crippen LogP contribution in [0.4, 0.5) is 0 Å². The molecule has 3 unspecified atom stereocenters. The summed E-state index contributed by atoms with van der Waals surface area (Å²) >= 11 is 3.46. The number of rotatable bonds is 4. The first-order valence-corrected chi connectivity index (χ1v) is 6.88. The van der Waals surface area contributed by atoms with E-state index >= 15 is 0 Å². The van der Waals surface area contributed by atoms with Crippen molar-refractivity contribution in [3.63, 3.8) is 0 Å². The Kier molecular flexibility index (Phi) is 4.54. The first kappa shape index (κ1) is 13.0. The number of nitrogens with one attached hydrogen (secondary N) is 1. The van der Waals surface area contributed by atoms with Gasteiger partial charge in [-0.3, -0.25) is 4.98 Å². The molecule has 0 spiro atoms. The highest BCUT2D eigenvalue weighted by molar-refractivity contribution is 9.10. The second-order valence-corrected chi connectivity index (χ2v) is 5.55. The van der Waals surface area contributed by atoms with E-state index in [-0.39, 0.29) is 0 Å². The topological polar surface area (TPSA) is 34.2 Å². The fourth-order valence-electron chi connectivity index (χ4n) is 2.57. The number of halogens is 1. The molecule has 0 radical (unpaired) electrons. The molecule has 0 amide bonds. The van der Waals surface area contributed by atoms with E-state index in [9.17, 15) is 0 Å². The SMILES string of the molecule is CNC(Cc1cncc(Br)c1)C1CCOC1C. The van der Waals surface area contributed by atoms with Gasteiger partial charge in [0.15, 0.2) is 0 Å². The smallest absolute Gasteiger partial charge is 0.0590 e. The van der Waals surface area contributed by atoms with Gasteiger partial charge < -0.3 is 10.1 Å². The Bertz CT molecular complexity index is 372. The third-order valence-corrected chi connectivity index (χ3v) is 3.97. The van der Waals surface area contributed by atoms with Crippen molar-refractivity contribution in [1.82, 2.24) is 10.3 Å². The molecular weight excluding hydrogens is 280 g/mol. The van der Waals surface area contributed by atoms with Crippen LogP contribution in [0.15, 0.2) is 22.9 Å². The molecule has 0 aromatic carbocycles. The monoisotopic (exact) mass is 298 g/mol. The van der Waals surface area contributed by atoms with Gasteiger partial charge in [0.05, 0.1) is 6.10 Å². The number of pyridine rings is 1. The Morgan fingerprint density at radius 2 is 2.41 bits per heavy atom. The predicted octanol–water partition coefficient (Wildman–Crippen LogP) is 2.40. The Morgan fingerprint density at radius 1 is 1.59 bits per heavy atom. The average Bonchev–Trinajstić information content (AvgIpc) is 2.72. The second-order valence-electron chi connectivity index (χ2n) is 4.64. The van der Waals surface area contributed by atoms with Crippen molar-refractivity contribution in [2.24, 2.45) is 5.92 Å². The van der Waals surface area contributed by atoms with Gasteiger partial charge in [-0.25, -0.2) is 0 Å². The third kappa shape index (κ3) is 3.27. The zero-order valence-electron chi connectivity index (χ0n) is 10.3. The zero-order chi connectivity index (χ0) is 12.3. The predicted molar refractivity (Wildman–Crippen MR) is 72.0 cm³/mol. The summed E-state index contributed by atoms with van der Waals surface area (Å²) in [6.07, 6.45) is 6.26. The van der Waals surface area contributed by atoms with Crippen LogP contribution in [0.5, 0.6) is 0 Å². The minimum absolute atomic E-state index is 0.354. The van der Waals surface area contributed by atoms with E-state index < -0.39 is 0 Å². The van der Waals surface area contributed by atoms with Crippen molar-refractivity contribution in [1.29, 1.82) is 0 Å². The Balaban J connectivity index is 2.04. The van der Waals surface area contributed by atoms with E-state index in [4.69, 9.17) is 4.74 Å². The van der Waals surface area contributed by atoms with Crippen LogP contribution >= 0.6 is 15.9 Å². The van der Waals surface area contributed by atoms with Gasteiger partial charge in [-0.1, -0.05) is 0 Å². The first-order chi connectivity index (χ1) is 8.20. The molecule has 2 heterocycles. The minimum Gasteiger partial charge on any atom is -0.378 e. The van der Waals surface area contributed by atoms with Crippen LogP contribution in [0, 0.1) is 5.92 Å². The van der Waals surface area contributed by atoms with Crippen molar-refractivity contribution in [3.8, 4) is 0 Å². The van der Waals surface area contributed by atoms with Gasteiger partial charge in [0.2, 0.25) is 0 Å². The van der Waals surface area contributed by atoms with Crippen LogP contribution in [0.25, 0.3) is 0 Å². The molecular formula is C13H19BrN2O. The maximum atomic E-state index is 5.64. The van der Waals surface area contributed by atoms with Gasteiger partial charge in [-0.2, -0.15) is 0 Å². The Morgan fingerprint density at radius 3 is 3.00 bits per heavy atom. The average molecular weight is 299 g/mol. The lowest BCUT2D eigenvalue weighted by atomic mass is 9.89. The van der Waals surface area contributed by atoms with Gasteiger partial charge in [-0.05, 0) is 54.4 Å². The summed E-state index contributed by atoms with van der Waals surface area (Å²) in [5.74, 6) is 0.596. The van der Waals surface area contributed by atoms with Gasteiger partial charge in [0, 0.05) is 35.4 Å². The molecule has 1 fully saturated rings. The van der Waals surface area contributed by atoms with Crippen LogP contribution in [-0.2, 0) is 11.2 Å². The molecule has 4 heteroatoms. The van der Waals surface area contributed by atoms with Gasteiger partial charge in [0.25, 0.3) is 0 Å². The lowest BCUT2D eigenvalue weighted by molar-refractivity contribution is 0.0963. The highest BCUT2D eigenvalue weighted by Gasteiger charge is 2.30. The standard InChI is InChI=1S/C13H19BrN2O/c1-9-12(3-4-17-9)13(15-2)6-10-5-11(14)8-16-7-10/h5,7-9,12-13,15H,3-4,6H2,1-2H3. The second kappa shape index (κ2) is 5.94. The van der Waals surface area contributed by atoms with Gasteiger partial charge in [0.1, 0.15) is 0 Å². The lowest BCUT2D eigenvalue weighted by Crippen LogP contribution is -2.38. The molecule has 3 atom stereocenters. The van der Waals surface area contributed by atoms with Crippen molar-refractivity contribution < 1.29 is 4.74 Å². The fraction of sp³-hybridized carbons (Fsp3) is 0.615. The maximum Gasteiger partial charge on any atom is 0.0590 e. The van der Waals surface area contributed by atoms with Gasteiger partial charge >= 0.3 is 0 Å². The Labute approximate surface area is 111 Å². The normalized spacial score (nSPS) is 26.1. The number of nitrogens with zero attached hydrogens (tertiary/aromatic N) is 1. The lowest BCUT2D eigenvalue weighted by Gasteiger charge is -2.25. The summed E-state index contributed by atoms with van der Waals surface area (Å²) in [5.41, 5.74) is 1.26. The summed E-state index contributed by atoms with van der Waals surface area (Å²) in [4.78, 5) is 4.21. The highest BCUT2D eigenvalue weighted by atomic mass is 79.9. The number of ether oxygens (including phenoxy) is 1. The molecule has 1 aromatic heterocycles. The molecule has 3 nitrogen and oxygen atoms in total. The molecule has 1 aromatic rings. The van der Waals surface area contributed by atoms with Gasteiger partial charge in [-0.15, -0.1) is 0 Å². The molecule has 1 aliphatic rings. The molecule has 0 aliphatic carbocycles. The maximum absolute atomic E-state index is 5.64. The summed E-state index contributed by atoms with van der Waals surface area (Å²) in [6, 6.07) is 2.60. The van der Waals surface area contributed by atoms with Crippen molar-refractivity contribution in [3.05, 3.63) is 28.5 Å². The summed E-state index contributed by atoms with van der Waals surface area (Å²) in [7, 11) is 2.03. The molecule has 0 bridgehead atoms. The molecule has 1 saturated heterocycles. The third-order valence-electron chi connectivity index (χ3n) is 3.54. The van der Waals surface area contributed by atoms with Crippen LogP contribution in [0.1, 0.15) is 18.9 Å². The number of hydrogen-bond acceptors (Lipinski definition) is 3. The largest absolute Gasteiger partial charge is 0.378 e. The van der Waals surface area contributed by atoms with Crippen LogP contribution in [-0.4, -0.2) is 30.8 Å². The summed E-state index contributed by atoms with van der Waals surface area (Å²) in [6.45, 7) is 3.06. The van der Waals surface area contributed by atoms with E-state index in [1.807, 2.05) is 19.4 Å².